The molecule has 0 spiro atoms. The summed E-state index contributed by atoms with van der Waals surface area (Å²) in [4.78, 5) is 25.9. The summed E-state index contributed by atoms with van der Waals surface area (Å²) in [5.74, 6) is -0.516. The third kappa shape index (κ3) is 37.1. The first-order valence-electron chi connectivity index (χ1n) is 23.1. The van der Waals surface area contributed by atoms with Crippen molar-refractivity contribution in [1.82, 2.24) is 5.32 Å². The molecule has 0 heterocycles. The monoisotopic (exact) mass is 748 g/mol. The molecule has 0 aromatic carbocycles. The Kier molecular flexibility index (Phi) is 40.2. The molecule has 1 amide bonds. The molecule has 0 aliphatic rings. The van der Waals surface area contributed by atoms with Crippen LogP contribution in [0.25, 0.3) is 0 Å². The lowest BCUT2D eigenvalue weighted by Gasteiger charge is -2.24. The predicted octanol–water partition coefficient (Wildman–Crippen LogP) is 13.2. The number of rotatable bonds is 41. The fraction of sp³-hybridized carbons (Fsp3) is 0.872. The highest BCUT2D eigenvalue weighted by molar-refractivity contribution is 5.77. The molecule has 6 heteroatoms. The average Bonchev–Trinajstić information content (AvgIpc) is 3.15. The average molecular weight is 748 g/mol. The largest absolute Gasteiger partial charge is 0.462 e. The van der Waals surface area contributed by atoms with Gasteiger partial charge in [-0.25, -0.2) is 0 Å². The number of aliphatic hydroxyl groups is 2. The van der Waals surface area contributed by atoms with Crippen molar-refractivity contribution in [2.75, 3.05) is 6.61 Å². The van der Waals surface area contributed by atoms with Gasteiger partial charge in [0, 0.05) is 6.42 Å². The zero-order chi connectivity index (χ0) is 38.9. The number of nitrogens with one attached hydrogen (secondary N) is 1. The van der Waals surface area contributed by atoms with Crippen LogP contribution in [0, 0.1) is 0 Å². The maximum absolute atomic E-state index is 13.1. The van der Waals surface area contributed by atoms with E-state index in [4.69, 9.17) is 4.74 Å². The standard InChI is InChI=1S/C47H89NO5/c1-4-7-10-13-16-19-22-23-24-25-26-29-32-35-38-43(53-47(52)40-37-34-31-28-21-18-15-12-9-6-3)41-46(51)48-44(42-49)45(50)39-36-33-30-27-20-17-14-11-8-5-2/h24-26,29,43-45,49-50H,4-23,27-28,30-42H2,1-3H3,(H,48,51)/b25-24+,29-26+. The van der Waals surface area contributed by atoms with Crippen molar-refractivity contribution in [2.45, 2.75) is 257 Å². The second kappa shape index (κ2) is 41.5. The molecule has 0 aromatic rings. The number of unbranched alkanes of at least 4 members (excludes halogenated alkanes) is 26. The van der Waals surface area contributed by atoms with Gasteiger partial charge in [0.2, 0.25) is 5.91 Å². The summed E-state index contributed by atoms with van der Waals surface area (Å²) in [7, 11) is 0. The zero-order valence-corrected chi connectivity index (χ0v) is 35.4. The predicted molar refractivity (Wildman–Crippen MR) is 227 cm³/mol. The molecule has 53 heavy (non-hydrogen) atoms. The van der Waals surface area contributed by atoms with Gasteiger partial charge in [-0.3, -0.25) is 9.59 Å². The van der Waals surface area contributed by atoms with Crippen LogP contribution in [0.5, 0.6) is 0 Å². The van der Waals surface area contributed by atoms with Crippen LogP contribution in [-0.4, -0.2) is 46.9 Å². The van der Waals surface area contributed by atoms with Crippen molar-refractivity contribution in [3.05, 3.63) is 24.3 Å². The third-order valence-electron chi connectivity index (χ3n) is 10.6. The highest BCUT2D eigenvalue weighted by Gasteiger charge is 2.24. The maximum Gasteiger partial charge on any atom is 0.306 e. The van der Waals surface area contributed by atoms with E-state index in [2.05, 4.69) is 50.4 Å². The number of amides is 1. The molecule has 0 radical (unpaired) electrons. The molecule has 6 nitrogen and oxygen atoms in total. The van der Waals surface area contributed by atoms with E-state index in [-0.39, 0.29) is 24.9 Å². The van der Waals surface area contributed by atoms with Gasteiger partial charge in [0.1, 0.15) is 6.10 Å². The third-order valence-corrected chi connectivity index (χ3v) is 10.6. The van der Waals surface area contributed by atoms with Crippen molar-refractivity contribution in [3.8, 4) is 0 Å². The molecular weight excluding hydrogens is 659 g/mol. The summed E-state index contributed by atoms with van der Waals surface area (Å²) in [5.41, 5.74) is 0. The maximum atomic E-state index is 13.1. The summed E-state index contributed by atoms with van der Waals surface area (Å²) >= 11 is 0. The first-order chi connectivity index (χ1) is 26.0. The van der Waals surface area contributed by atoms with Crippen molar-refractivity contribution in [3.63, 3.8) is 0 Å². The molecule has 0 aromatic heterocycles. The summed E-state index contributed by atoms with van der Waals surface area (Å²) in [6.45, 7) is 6.43. The summed E-state index contributed by atoms with van der Waals surface area (Å²) in [6.07, 6.45) is 45.3. The molecule has 0 aliphatic carbocycles. The van der Waals surface area contributed by atoms with Crippen molar-refractivity contribution < 1.29 is 24.5 Å². The molecule has 3 N–H and O–H groups in total. The molecule has 3 unspecified atom stereocenters. The van der Waals surface area contributed by atoms with E-state index in [1.54, 1.807) is 0 Å². The number of esters is 1. The van der Waals surface area contributed by atoms with Crippen molar-refractivity contribution in [1.29, 1.82) is 0 Å². The van der Waals surface area contributed by atoms with E-state index in [9.17, 15) is 19.8 Å². The number of hydrogen-bond acceptors (Lipinski definition) is 5. The molecule has 0 saturated heterocycles. The fourth-order valence-electron chi connectivity index (χ4n) is 7.01. The van der Waals surface area contributed by atoms with Gasteiger partial charge >= 0.3 is 5.97 Å². The topological polar surface area (TPSA) is 95.9 Å². The minimum atomic E-state index is -0.792. The lowest BCUT2D eigenvalue weighted by molar-refractivity contribution is -0.151. The van der Waals surface area contributed by atoms with Crippen LogP contribution in [-0.2, 0) is 14.3 Å². The highest BCUT2D eigenvalue weighted by Crippen LogP contribution is 2.17. The quantitative estimate of drug-likeness (QED) is 0.0329. The van der Waals surface area contributed by atoms with Gasteiger partial charge < -0.3 is 20.3 Å². The Morgan fingerprint density at radius 1 is 0.547 bits per heavy atom. The fourth-order valence-corrected chi connectivity index (χ4v) is 7.01. The molecule has 0 bridgehead atoms. The molecule has 0 fully saturated rings. The summed E-state index contributed by atoms with van der Waals surface area (Å²) in [5, 5.41) is 23.6. The number of hydrogen-bond donors (Lipinski definition) is 3. The number of allylic oxidation sites excluding steroid dienone is 4. The Bertz CT molecular complexity index is 843. The Labute approximate surface area is 329 Å². The molecule has 0 rings (SSSR count). The van der Waals surface area contributed by atoms with E-state index in [1.165, 1.54) is 135 Å². The second-order valence-corrected chi connectivity index (χ2v) is 15.8. The van der Waals surface area contributed by atoms with Gasteiger partial charge in [0.15, 0.2) is 0 Å². The number of carbonyl (C=O) groups is 2. The normalized spacial score (nSPS) is 13.5. The van der Waals surface area contributed by atoms with Gasteiger partial charge in [-0.1, -0.05) is 206 Å². The smallest absolute Gasteiger partial charge is 0.306 e. The molecule has 3 atom stereocenters. The lowest BCUT2D eigenvalue weighted by atomic mass is 10.0. The SMILES string of the molecule is CCCCCCCCC/C=C/C=C/CCCC(CC(=O)NC(CO)C(O)CCCCCCCCCCCC)OC(=O)CCCCCCCCCCCC. The number of aliphatic hydroxyl groups excluding tert-OH is 2. The van der Waals surface area contributed by atoms with Crippen LogP contribution in [0.15, 0.2) is 24.3 Å². The van der Waals surface area contributed by atoms with Crippen LogP contribution in [0.3, 0.4) is 0 Å². The number of ether oxygens (including phenoxy) is 1. The Morgan fingerprint density at radius 3 is 1.43 bits per heavy atom. The first kappa shape index (κ1) is 51.3. The van der Waals surface area contributed by atoms with Crippen LogP contribution in [0.1, 0.15) is 239 Å². The van der Waals surface area contributed by atoms with Gasteiger partial charge in [-0.15, -0.1) is 0 Å². The molecule has 0 saturated carbocycles. The molecule has 0 aliphatic heterocycles. The van der Waals surface area contributed by atoms with Gasteiger partial charge in [0.05, 0.1) is 25.2 Å². The summed E-state index contributed by atoms with van der Waals surface area (Å²) in [6, 6.07) is -0.708. The van der Waals surface area contributed by atoms with Crippen LogP contribution < -0.4 is 5.32 Å². The van der Waals surface area contributed by atoms with Crippen molar-refractivity contribution >= 4 is 11.9 Å². The Balaban J connectivity index is 4.66. The summed E-state index contributed by atoms with van der Waals surface area (Å²) < 4.78 is 5.87. The molecule has 312 valence electrons. The second-order valence-electron chi connectivity index (χ2n) is 15.8. The van der Waals surface area contributed by atoms with Crippen LogP contribution in [0.4, 0.5) is 0 Å². The van der Waals surface area contributed by atoms with E-state index in [0.29, 0.717) is 19.3 Å². The van der Waals surface area contributed by atoms with E-state index >= 15 is 0 Å². The molecular formula is C47H89NO5. The van der Waals surface area contributed by atoms with Crippen LogP contribution >= 0.6 is 0 Å². The van der Waals surface area contributed by atoms with Gasteiger partial charge in [-0.2, -0.15) is 0 Å². The Morgan fingerprint density at radius 2 is 0.962 bits per heavy atom. The number of carbonyl (C=O) groups excluding carboxylic acids is 2. The van der Waals surface area contributed by atoms with Crippen molar-refractivity contribution in [2.24, 2.45) is 0 Å². The lowest BCUT2D eigenvalue weighted by Crippen LogP contribution is -2.46. The van der Waals surface area contributed by atoms with E-state index in [0.717, 1.165) is 57.8 Å². The minimum Gasteiger partial charge on any atom is -0.462 e. The Hall–Kier alpha value is -1.66. The first-order valence-corrected chi connectivity index (χ1v) is 23.1. The van der Waals surface area contributed by atoms with Crippen LogP contribution in [0.2, 0.25) is 0 Å². The highest BCUT2D eigenvalue weighted by atomic mass is 16.5. The van der Waals surface area contributed by atoms with Gasteiger partial charge in [-0.05, 0) is 44.9 Å². The van der Waals surface area contributed by atoms with E-state index in [1.807, 2.05) is 0 Å². The van der Waals surface area contributed by atoms with E-state index < -0.39 is 18.2 Å². The zero-order valence-electron chi connectivity index (χ0n) is 35.4. The van der Waals surface area contributed by atoms with Gasteiger partial charge in [0.25, 0.3) is 0 Å². The minimum absolute atomic E-state index is 0.0489.